The number of benzene rings is 3. The second-order valence-corrected chi connectivity index (χ2v) is 14.6. The van der Waals surface area contributed by atoms with Gasteiger partial charge in [0.05, 0.1) is 32.5 Å². The van der Waals surface area contributed by atoms with Crippen molar-refractivity contribution in [2.75, 3.05) is 0 Å². The van der Waals surface area contributed by atoms with E-state index in [4.69, 9.17) is 19.9 Å². The summed E-state index contributed by atoms with van der Waals surface area (Å²) in [5.74, 6) is 1.45. The standard InChI is InChI=1S/C46H40N4S2/c1-5-8-10-15-32(4)38-30-40(42-18-13-28-51-42)49-44(47-38)34-20-24-36(25-21-34)46(6-2,7-3)37-26-22-35(23-27-37)45-48-39(33-16-11-9-12-17-33)31-41(50-45)43-19-14-29-52-43/h5,8-31H,1,6-7H2,2-4H3/b10-8-,32-15+. The molecule has 4 nitrogen and oxygen atoms in total. The monoisotopic (exact) mass is 712 g/mol. The number of hydrogen-bond donors (Lipinski definition) is 0. The van der Waals surface area contributed by atoms with Crippen LogP contribution < -0.4 is 0 Å². The van der Waals surface area contributed by atoms with E-state index in [1.807, 2.05) is 30.4 Å². The zero-order valence-electron chi connectivity index (χ0n) is 29.7. The summed E-state index contributed by atoms with van der Waals surface area (Å²) < 4.78 is 0. The lowest BCUT2D eigenvalue weighted by Gasteiger charge is -2.33. The highest BCUT2D eigenvalue weighted by Crippen LogP contribution is 2.40. The molecule has 0 aliphatic carbocycles. The Morgan fingerprint density at radius 1 is 0.596 bits per heavy atom. The Balaban J connectivity index is 1.22. The first-order valence-corrected chi connectivity index (χ1v) is 19.4. The molecular weight excluding hydrogens is 673 g/mol. The molecule has 7 rings (SSSR count). The first-order valence-electron chi connectivity index (χ1n) is 17.6. The van der Waals surface area contributed by atoms with E-state index in [9.17, 15) is 0 Å². The molecule has 0 amide bonds. The Morgan fingerprint density at radius 2 is 1.13 bits per heavy atom. The predicted molar refractivity (Wildman–Crippen MR) is 221 cm³/mol. The number of hydrogen-bond acceptors (Lipinski definition) is 6. The first kappa shape index (κ1) is 34.9. The molecule has 7 aromatic rings. The summed E-state index contributed by atoms with van der Waals surface area (Å²) in [5, 5.41) is 4.17. The van der Waals surface area contributed by atoms with Crippen LogP contribution in [0.15, 0.2) is 157 Å². The summed E-state index contributed by atoms with van der Waals surface area (Å²) in [6, 6.07) is 40.6. The average molecular weight is 713 g/mol. The predicted octanol–water partition coefficient (Wildman–Crippen LogP) is 13.0. The molecule has 0 atom stereocenters. The molecule has 4 aromatic heterocycles. The Kier molecular flexibility index (Phi) is 10.6. The lowest BCUT2D eigenvalue weighted by molar-refractivity contribution is 0.478. The Labute approximate surface area is 314 Å². The van der Waals surface area contributed by atoms with E-state index in [0.29, 0.717) is 0 Å². The molecule has 0 N–H and O–H groups in total. The Bertz CT molecular complexity index is 2320. The van der Waals surface area contributed by atoms with Gasteiger partial charge in [0.15, 0.2) is 11.6 Å². The third-order valence-corrected chi connectivity index (χ3v) is 11.4. The van der Waals surface area contributed by atoms with Gasteiger partial charge < -0.3 is 0 Å². The summed E-state index contributed by atoms with van der Waals surface area (Å²) >= 11 is 3.38. The molecule has 3 aromatic carbocycles. The Morgan fingerprint density at radius 3 is 1.65 bits per heavy atom. The topological polar surface area (TPSA) is 51.6 Å². The second-order valence-electron chi connectivity index (χ2n) is 12.7. The van der Waals surface area contributed by atoms with Crippen molar-refractivity contribution in [2.24, 2.45) is 0 Å². The molecule has 0 saturated carbocycles. The molecule has 4 heterocycles. The maximum absolute atomic E-state index is 5.04. The van der Waals surface area contributed by atoms with Crippen LogP contribution >= 0.6 is 22.7 Å². The van der Waals surface area contributed by atoms with Crippen LogP contribution in [0.3, 0.4) is 0 Å². The number of allylic oxidation sites excluding steroid dienone is 5. The zero-order valence-corrected chi connectivity index (χ0v) is 31.3. The van der Waals surface area contributed by atoms with Crippen LogP contribution in [-0.4, -0.2) is 19.9 Å². The molecule has 0 spiro atoms. The number of rotatable bonds is 12. The molecule has 0 aliphatic rings. The summed E-state index contributed by atoms with van der Waals surface area (Å²) in [7, 11) is 0. The van der Waals surface area contributed by atoms with Crippen molar-refractivity contribution in [1.82, 2.24) is 19.9 Å². The van der Waals surface area contributed by atoms with Crippen molar-refractivity contribution in [1.29, 1.82) is 0 Å². The van der Waals surface area contributed by atoms with Gasteiger partial charge in [0.25, 0.3) is 0 Å². The minimum Gasteiger partial charge on any atom is -0.228 e. The van der Waals surface area contributed by atoms with E-state index in [0.717, 1.165) is 79.3 Å². The minimum absolute atomic E-state index is 0.159. The fourth-order valence-corrected chi connectivity index (χ4v) is 8.06. The van der Waals surface area contributed by atoms with Gasteiger partial charge in [-0.25, -0.2) is 19.9 Å². The lowest BCUT2D eigenvalue weighted by Crippen LogP contribution is -2.26. The molecule has 0 radical (unpaired) electrons. The summed E-state index contributed by atoms with van der Waals surface area (Å²) in [6.07, 6.45) is 9.67. The molecule has 256 valence electrons. The van der Waals surface area contributed by atoms with E-state index in [1.54, 1.807) is 28.7 Å². The van der Waals surface area contributed by atoms with Crippen molar-refractivity contribution in [3.05, 3.63) is 174 Å². The van der Waals surface area contributed by atoms with Gasteiger partial charge in [-0.3, -0.25) is 0 Å². The first-order chi connectivity index (χ1) is 25.5. The highest BCUT2D eigenvalue weighted by Gasteiger charge is 2.31. The molecular formula is C46H40N4S2. The van der Waals surface area contributed by atoms with Crippen LogP contribution in [0.5, 0.6) is 0 Å². The van der Waals surface area contributed by atoms with Crippen LogP contribution in [0.1, 0.15) is 50.4 Å². The van der Waals surface area contributed by atoms with Crippen LogP contribution in [0.25, 0.3) is 60.7 Å². The number of thiophene rings is 2. The fourth-order valence-electron chi connectivity index (χ4n) is 6.69. The number of aromatic nitrogens is 4. The van der Waals surface area contributed by atoms with Crippen molar-refractivity contribution >= 4 is 28.2 Å². The quantitative estimate of drug-likeness (QED) is 0.118. The normalized spacial score (nSPS) is 12.0. The van der Waals surface area contributed by atoms with E-state index in [2.05, 4.69) is 141 Å². The van der Waals surface area contributed by atoms with Crippen LogP contribution in [-0.2, 0) is 5.41 Å². The van der Waals surface area contributed by atoms with E-state index >= 15 is 0 Å². The van der Waals surface area contributed by atoms with Crippen molar-refractivity contribution in [3.8, 4) is 55.2 Å². The van der Waals surface area contributed by atoms with Crippen LogP contribution in [0, 0.1) is 0 Å². The molecule has 0 saturated heterocycles. The maximum atomic E-state index is 5.04. The average Bonchev–Trinajstić information content (AvgIpc) is 3.96. The number of nitrogens with zero attached hydrogens (tertiary/aromatic N) is 4. The SMILES string of the molecule is C=C/C=C\C=C(/C)c1cc(-c2cccs2)nc(-c2ccc(C(CC)(CC)c3ccc(-c4nc(-c5ccccc5)cc(-c5cccs5)n4)cc3)cc2)n1. The summed E-state index contributed by atoms with van der Waals surface area (Å²) in [5.41, 5.74) is 10.2. The highest BCUT2D eigenvalue weighted by atomic mass is 32.1. The largest absolute Gasteiger partial charge is 0.228 e. The maximum Gasteiger partial charge on any atom is 0.160 e. The van der Waals surface area contributed by atoms with Crippen LogP contribution in [0.4, 0.5) is 0 Å². The molecule has 0 aliphatic heterocycles. The van der Waals surface area contributed by atoms with Gasteiger partial charge >= 0.3 is 0 Å². The summed E-state index contributed by atoms with van der Waals surface area (Å²) in [4.78, 5) is 22.4. The van der Waals surface area contributed by atoms with E-state index in [-0.39, 0.29) is 5.41 Å². The molecule has 0 bridgehead atoms. The highest BCUT2D eigenvalue weighted by molar-refractivity contribution is 7.13. The third kappa shape index (κ3) is 7.26. The van der Waals surface area contributed by atoms with Crippen molar-refractivity contribution in [3.63, 3.8) is 0 Å². The van der Waals surface area contributed by atoms with Gasteiger partial charge in [-0.05, 0) is 71.5 Å². The lowest BCUT2D eigenvalue weighted by atomic mass is 9.70. The van der Waals surface area contributed by atoms with Crippen molar-refractivity contribution < 1.29 is 0 Å². The van der Waals surface area contributed by atoms with E-state index < -0.39 is 0 Å². The summed E-state index contributed by atoms with van der Waals surface area (Å²) in [6.45, 7) is 10.4. The van der Waals surface area contributed by atoms with Crippen molar-refractivity contribution in [2.45, 2.75) is 39.0 Å². The van der Waals surface area contributed by atoms with E-state index in [1.165, 1.54) is 11.1 Å². The molecule has 52 heavy (non-hydrogen) atoms. The van der Waals surface area contributed by atoms with Gasteiger partial charge in [-0.2, -0.15) is 0 Å². The molecule has 0 unspecified atom stereocenters. The van der Waals surface area contributed by atoms with Gasteiger partial charge in [0, 0.05) is 22.1 Å². The second kappa shape index (κ2) is 15.8. The zero-order chi connectivity index (χ0) is 35.9. The van der Waals surface area contributed by atoms with Gasteiger partial charge in [-0.15, -0.1) is 22.7 Å². The Hall–Kier alpha value is -5.56. The van der Waals surface area contributed by atoms with Gasteiger partial charge in [0.2, 0.25) is 0 Å². The smallest absolute Gasteiger partial charge is 0.160 e. The molecule has 0 fully saturated rings. The fraction of sp³-hybridized carbons (Fsp3) is 0.130. The molecule has 6 heteroatoms. The van der Waals surface area contributed by atoms with Gasteiger partial charge in [-0.1, -0.05) is 136 Å². The minimum atomic E-state index is -0.159. The van der Waals surface area contributed by atoms with Gasteiger partial charge in [0.1, 0.15) is 0 Å². The van der Waals surface area contributed by atoms with Crippen LogP contribution in [0.2, 0.25) is 0 Å². The third-order valence-electron chi connectivity index (χ3n) is 9.67.